The summed E-state index contributed by atoms with van der Waals surface area (Å²) in [5, 5.41) is 0.717. The van der Waals surface area contributed by atoms with Gasteiger partial charge in [0.1, 0.15) is 5.82 Å². The van der Waals surface area contributed by atoms with Crippen LogP contribution in [0.4, 0.5) is 13.2 Å². The monoisotopic (exact) mass is 565 g/mol. The molecule has 0 saturated carbocycles. The molecule has 0 aliphatic heterocycles. The van der Waals surface area contributed by atoms with Gasteiger partial charge in [0.15, 0.2) is 0 Å². The van der Waals surface area contributed by atoms with Gasteiger partial charge in [0.2, 0.25) is 0 Å². The second-order valence-corrected chi connectivity index (χ2v) is 9.50. The van der Waals surface area contributed by atoms with Crippen molar-refractivity contribution in [3.63, 3.8) is 0 Å². The van der Waals surface area contributed by atoms with Gasteiger partial charge in [-0.25, -0.2) is 13.2 Å². The summed E-state index contributed by atoms with van der Waals surface area (Å²) in [5.74, 6) is -3.92. The number of halogens is 4. The van der Waals surface area contributed by atoms with Gasteiger partial charge in [-0.1, -0.05) is 107 Å². The average molecular weight is 566 g/mol. The van der Waals surface area contributed by atoms with Gasteiger partial charge in [-0.15, -0.1) is 0 Å². The van der Waals surface area contributed by atoms with Crippen LogP contribution < -0.4 is 11.5 Å². The zero-order chi connectivity index (χ0) is 30.3. The van der Waals surface area contributed by atoms with Crippen LogP contribution in [0.2, 0.25) is 5.02 Å². The number of aryl methyl sites for hydroxylation is 3. The van der Waals surface area contributed by atoms with E-state index in [4.69, 9.17) is 17.3 Å². The molecule has 0 aliphatic carbocycles. The Balaban J connectivity index is 0. The van der Waals surface area contributed by atoms with E-state index < -0.39 is 17.3 Å². The molecule has 2 aromatic carbocycles. The molecule has 7 heteroatoms. The van der Waals surface area contributed by atoms with Crippen LogP contribution in [0.3, 0.4) is 0 Å². The first kappa shape index (κ1) is 38.3. The first-order chi connectivity index (χ1) is 18.3. The summed E-state index contributed by atoms with van der Waals surface area (Å²) in [7, 11) is 0. The van der Waals surface area contributed by atoms with Gasteiger partial charge >= 0.3 is 0 Å². The molecule has 1 aromatic heterocycles. The molecule has 0 saturated heterocycles. The van der Waals surface area contributed by atoms with Crippen molar-refractivity contribution in [2.45, 2.75) is 85.6 Å². The minimum atomic E-state index is -3.10. The molecular weight excluding hydrogens is 519 g/mol. The van der Waals surface area contributed by atoms with Crippen LogP contribution in [0.15, 0.2) is 79.6 Å². The fraction of sp³-hybridized carbons (Fsp3) is 0.406. The van der Waals surface area contributed by atoms with Crippen LogP contribution >= 0.6 is 11.6 Å². The Bertz CT molecular complexity index is 987. The molecule has 3 nitrogen and oxygen atoms in total. The van der Waals surface area contributed by atoms with Crippen LogP contribution in [0.1, 0.15) is 76.3 Å². The van der Waals surface area contributed by atoms with Gasteiger partial charge in [-0.2, -0.15) is 0 Å². The molecular formula is C32H47ClF3N3. The molecule has 0 radical (unpaired) electrons. The number of rotatable bonds is 6. The highest BCUT2D eigenvalue weighted by molar-refractivity contribution is 6.30. The molecule has 0 spiro atoms. The van der Waals surface area contributed by atoms with E-state index in [1.807, 2.05) is 32.0 Å². The number of unbranched alkanes of at least 4 members (excludes halogenated alkanes) is 2. The standard InChI is InChI=1S/C10H14ClN.C9H9F3.C8H10.C3H9N.C2H5N/c1-2-3-4-5-10-7-6-9(11)8-12-10;1-6-4-3-5-7(8(6)10)9(2,11)12;1-2-8-6-4-3-5-7-8;1-3(2)4;1-2-3/h6-8H,2-5H2,1H3;3-5H,1-2H3;3-7H,2H2,1H3;3H,4H2,1-2H3;2H,1,3H2. The van der Waals surface area contributed by atoms with Gasteiger partial charge in [-0.05, 0) is 61.7 Å². The molecule has 0 amide bonds. The molecule has 0 bridgehead atoms. The zero-order valence-corrected chi connectivity index (χ0v) is 25.1. The van der Waals surface area contributed by atoms with Crippen LogP contribution in [0.5, 0.6) is 0 Å². The number of aromatic nitrogens is 1. The maximum Gasteiger partial charge on any atom is 0.273 e. The molecule has 3 rings (SSSR count). The number of benzene rings is 2. The fourth-order valence-corrected chi connectivity index (χ4v) is 2.92. The van der Waals surface area contributed by atoms with Crippen molar-refractivity contribution in [2.24, 2.45) is 11.5 Å². The average Bonchev–Trinajstić information content (AvgIpc) is 2.88. The Morgan fingerprint density at radius 3 is 1.95 bits per heavy atom. The normalized spacial score (nSPS) is 9.85. The lowest BCUT2D eigenvalue weighted by molar-refractivity contribution is 0.0136. The van der Waals surface area contributed by atoms with Crippen molar-refractivity contribution in [2.75, 3.05) is 0 Å². The minimum absolute atomic E-state index is 0.244. The van der Waals surface area contributed by atoms with E-state index in [0.717, 1.165) is 24.6 Å². The van der Waals surface area contributed by atoms with Crippen molar-refractivity contribution in [3.05, 3.63) is 113 Å². The van der Waals surface area contributed by atoms with Gasteiger partial charge in [-0.3, -0.25) is 4.98 Å². The maximum absolute atomic E-state index is 13.0. The van der Waals surface area contributed by atoms with Gasteiger partial charge in [0.05, 0.1) is 10.6 Å². The quantitative estimate of drug-likeness (QED) is 0.292. The van der Waals surface area contributed by atoms with E-state index in [-0.39, 0.29) is 5.56 Å². The Labute approximate surface area is 239 Å². The minimum Gasteiger partial charge on any atom is -0.405 e. The second kappa shape index (κ2) is 23.1. The highest BCUT2D eigenvalue weighted by atomic mass is 35.5. The summed E-state index contributed by atoms with van der Waals surface area (Å²) in [6.45, 7) is 13.5. The number of hydrogen-bond donors (Lipinski definition) is 2. The van der Waals surface area contributed by atoms with Crippen LogP contribution in [0, 0.1) is 12.7 Å². The van der Waals surface area contributed by atoms with E-state index >= 15 is 0 Å². The largest absolute Gasteiger partial charge is 0.405 e. The second-order valence-electron chi connectivity index (χ2n) is 9.07. The van der Waals surface area contributed by atoms with Gasteiger partial charge in [0, 0.05) is 18.8 Å². The molecule has 4 N–H and O–H groups in total. The summed E-state index contributed by atoms with van der Waals surface area (Å²) in [6, 6.07) is 18.7. The highest BCUT2D eigenvalue weighted by Crippen LogP contribution is 2.29. The lowest BCUT2D eigenvalue weighted by atomic mass is 10.1. The van der Waals surface area contributed by atoms with E-state index in [2.05, 4.69) is 55.4 Å². The number of alkyl halides is 2. The SMILES string of the molecule is C=CN.CC(C)N.CCCCCc1ccc(Cl)cn1.CCc1ccccc1.Cc1cccc(C(C)(F)F)c1F. The molecule has 1 heterocycles. The smallest absolute Gasteiger partial charge is 0.273 e. The van der Waals surface area contributed by atoms with Crippen LogP contribution in [-0.2, 0) is 18.8 Å². The summed E-state index contributed by atoms with van der Waals surface area (Å²) in [4.78, 5) is 4.22. The first-order valence-corrected chi connectivity index (χ1v) is 13.6. The third-order valence-electron chi connectivity index (χ3n) is 4.74. The third kappa shape index (κ3) is 21.8. The predicted octanol–water partition coefficient (Wildman–Crippen LogP) is 9.40. The Morgan fingerprint density at radius 2 is 1.56 bits per heavy atom. The topological polar surface area (TPSA) is 64.9 Å². The summed E-state index contributed by atoms with van der Waals surface area (Å²) >= 11 is 5.71. The Kier molecular flexibility index (Phi) is 22.7. The summed E-state index contributed by atoms with van der Waals surface area (Å²) in [5.41, 5.74) is 12.0. The van der Waals surface area contributed by atoms with Gasteiger partial charge < -0.3 is 11.5 Å². The van der Waals surface area contributed by atoms with Crippen molar-refractivity contribution in [3.8, 4) is 0 Å². The van der Waals surface area contributed by atoms with Crippen LogP contribution in [0.25, 0.3) is 0 Å². The van der Waals surface area contributed by atoms with E-state index in [9.17, 15) is 13.2 Å². The zero-order valence-electron chi connectivity index (χ0n) is 24.4. The summed E-state index contributed by atoms with van der Waals surface area (Å²) in [6.07, 6.45) is 8.94. The number of nitrogens with zero attached hydrogens (tertiary/aromatic N) is 1. The lowest BCUT2D eigenvalue weighted by Gasteiger charge is -2.12. The number of hydrogen-bond acceptors (Lipinski definition) is 3. The maximum atomic E-state index is 13.0. The number of nitrogens with two attached hydrogens (primary N) is 2. The highest BCUT2D eigenvalue weighted by Gasteiger charge is 2.28. The van der Waals surface area contributed by atoms with E-state index in [0.29, 0.717) is 18.0 Å². The molecule has 3 aromatic rings. The van der Waals surface area contributed by atoms with E-state index in [1.165, 1.54) is 50.1 Å². The Morgan fingerprint density at radius 1 is 1.00 bits per heavy atom. The summed E-state index contributed by atoms with van der Waals surface area (Å²) < 4.78 is 38.3. The van der Waals surface area contributed by atoms with Crippen molar-refractivity contribution < 1.29 is 13.2 Å². The third-order valence-corrected chi connectivity index (χ3v) is 4.96. The molecule has 0 unspecified atom stereocenters. The fourth-order valence-electron chi connectivity index (χ4n) is 2.81. The Hall–Kier alpha value is -2.83. The number of pyridine rings is 1. The van der Waals surface area contributed by atoms with Gasteiger partial charge in [0.25, 0.3) is 5.92 Å². The molecule has 218 valence electrons. The van der Waals surface area contributed by atoms with Crippen molar-refractivity contribution in [1.82, 2.24) is 4.98 Å². The molecule has 0 fully saturated rings. The van der Waals surface area contributed by atoms with E-state index in [1.54, 1.807) is 6.20 Å². The molecule has 0 aliphatic rings. The van der Waals surface area contributed by atoms with Crippen molar-refractivity contribution in [1.29, 1.82) is 0 Å². The molecule has 39 heavy (non-hydrogen) atoms. The lowest BCUT2D eigenvalue weighted by Crippen LogP contribution is -2.10. The van der Waals surface area contributed by atoms with Crippen LogP contribution in [-0.4, -0.2) is 11.0 Å². The first-order valence-electron chi connectivity index (χ1n) is 13.2. The molecule has 0 atom stereocenters. The predicted molar refractivity (Wildman–Crippen MR) is 163 cm³/mol. The van der Waals surface area contributed by atoms with Crippen molar-refractivity contribution >= 4 is 11.6 Å².